The molecule has 1 aromatic heterocycles. The van der Waals surface area contributed by atoms with Gasteiger partial charge in [0.1, 0.15) is 5.60 Å². The van der Waals surface area contributed by atoms with Gasteiger partial charge in [-0.25, -0.2) is 9.78 Å². The summed E-state index contributed by atoms with van der Waals surface area (Å²) in [5.74, 6) is 0.417. The van der Waals surface area contributed by atoms with Gasteiger partial charge in [0.2, 0.25) is 0 Å². The van der Waals surface area contributed by atoms with Crippen molar-refractivity contribution >= 4 is 17.7 Å². The number of oxazole rings is 1. The number of hydrogen-bond acceptors (Lipinski definition) is 7. The average Bonchev–Trinajstić information content (AvgIpc) is 3.25. The Bertz CT molecular complexity index is 835. The molecule has 1 saturated heterocycles. The van der Waals surface area contributed by atoms with E-state index in [1.807, 2.05) is 45.0 Å². The molecular weight excluding hydrogens is 398 g/mol. The molecule has 0 radical (unpaired) electrons. The molecule has 2 heterocycles. The maximum Gasteiger partial charge on any atom is 0.412 e. The van der Waals surface area contributed by atoms with Gasteiger partial charge in [0.15, 0.2) is 18.8 Å². The van der Waals surface area contributed by atoms with Gasteiger partial charge in [-0.3, -0.25) is 10.1 Å². The minimum absolute atomic E-state index is 0.00429. The number of esters is 1. The first-order valence-electron chi connectivity index (χ1n) is 10.6. The number of anilines is 1. The van der Waals surface area contributed by atoms with Crippen molar-refractivity contribution < 1.29 is 23.5 Å². The predicted octanol–water partition coefficient (Wildman–Crippen LogP) is 4.02. The van der Waals surface area contributed by atoms with Crippen LogP contribution in [0.4, 0.5) is 10.5 Å². The van der Waals surface area contributed by atoms with E-state index in [2.05, 4.69) is 15.2 Å². The fraction of sp³-hybridized carbons (Fsp3) is 0.522. The molecule has 0 bridgehead atoms. The third-order valence-corrected chi connectivity index (χ3v) is 5.07. The molecule has 3 rings (SSSR count). The molecule has 0 atom stereocenters. The van der Waals surface area contributed by atoms with E-state index < -0.39 is 11.7 Å². The molecule has 0 aliphatic carbocycles. The van der Waals surface area contributed by atoms with Gasteiger partial charge >= 0.3 is 12.1 Å². The van der Waals surface area contributed by atoms with E-state index in [0.717, 1.165) is 38.9 Å². The fourth-order valence-corrected chi connectivity index (χ4v) is 3.42. The van der Waals surface area contributed by atoms with Gasteiger partial charge < -0.3 is 18.8 Å². The van der Waals surface area contributed by atoms with Gasteiger partial charge in [-0.05, 0) is 70.8 Å². The highest BCUT2D eigenvalue weighted by Crippen LogP contribution is 2.22. The van der Waals surface area contributed by atoms with Crippen LogP contribution < -0.4 is 5.32 Å². The molecular formula is C23H31N3O5. The number of carbonyl (C=O) groups excluding carboxylic acids is 2. The number of benzene rings is 1. The highest BCUT2D eigenvalue weighted by molar-refractivity contribution is 5.84. The Hall–Kier alpha value is -2.87. The van der Waals surface area contributed by atoms with Crippen molar-refractivity contribution in [1.29, 1.82) is 0 Å². The van der Waals surface area contributed by atoms with Crippen molar-refractivity contribution in [2.75, 3.05) is 25.0 Å². The summed E-state index contributed by atoms with van der Waals surface area (Å²) in [6.45, 7) is 8.50. The number of hydrogen-bond donors (Lipinski definition) is 1. The number of ether oxygens (including phenoxy) is 2. The molecule has 1 aromatic carbocycles. The fourth-order valence-electron chi connectivity index (χ4n) is 3.42. The zero-order valence-electron chi connectivity index (χ0n) is 18.4. The van der Waals surface area contributed by atoms with E-state index in [1.165, 1.54) is 18.2 Å². The maximum absolute atomic E-state index is 12.2. The van der Waals surface area contributed by atoms with Crippen molar-refractivity contribution in [3.63, 3.8) is 0 Å². The Labute approximate surface area is 182 Å². The number of likely N-dealkylation sites (tertiary alicyclic amines) is 1. The molecule has 168 valence electrons. The lowest BCUT2D eigenvalue weighted by atomic mass is 9.96. The van der Waals surface area contributed by atoms with Gasteiger partial charge in [0.25, 0.3) is 0 Å². The molecule has 0 unspecified atom stereocenters. The van der Waals surface area contributed by atoms with Crippen LogP contribution in [0.25, 0.3) is 0 Å². The van der Waals surface area contributed by atoms with E-state index in [0.29, 0.717) is 11.4 Å². The molecule has 1 fully saturated rings. The zero-order valence-corrected chi connectivity index (χ0v) is 18.4. The van der Waals surface area contributed by atoms with E-state index in [9.17, 15) is 9.59 Å². The van der Waals surface area contributed by atoms with Gasteiger partial charge in [0, 0.05) is 12.2 Å². The standard InChI is InChI=1S/C23H31N3O5/c1-23(2,3)31-21(27)18-9-12-26(13-10-18)11-8-17-4-6-19(7-5-17)25-22(28)29-15-20-14-24-16-30-20/h4-7,14,16,18H,8-13,15H2,1-3H3,(H,25,28). The second-order valence-corrected chi connectivity index (χ2v) is 8.77. The number of amides is 1. The van der Waals surface area contributed by atoms with E-state index in [-0.39, 0.29) is 18.5 Å². The van der Waals surface area contributed by atoms with Crippen molar-refractivity contribution in [3.8, 4) is 0 Å². The molecule has 1 N–H and O–H groups in total. The minimum atomic E-state index is -0.544. The third-order valence-electron chi connectivity index (χ3n) is 5.07. The molecule has 0 saturated carbocycles. The molecule has 8 heteroatoms. The molecule has 0 spiro atoms. The van der Waals surface area contributed by atoms with Crippen molar-refractivity contribution in [2.24, 2.45) is 5.92 Å². The summed E-state index contributed by atoms with van der Waals surface area (Å²) < 4.78 is 15.6. The van der Waals surface area contributed by atoms with Crippen LogP contribution >= 0.6 is 0 Å². The van der Waals surface area contributed by atoms with Gasteiger partial charge in [-0.15, -0.1) is 0 Å². The number of aromatic nitrogens is 1. The first-order valence-corrected chi connectivity index (χ1v) is 10.6. The number of nitrogens with zero attached hydrogens (tertiary/aromatic N) is 2. The van der Waals surface area contributed by atoms with Crippen molar-refractivity contribution in [3.05, 3.63) is 48.2 Å². The average molecular weight is 430 g/mol. The number of carbonyl (C=O) groups is 2. The first-order chi connectivity index (χ1) is 14.8. The summed E-state index contributed by atoms with van der Waals surface area (Å²) in [6, 6.07) is 7.72. The van der Waals surface area contributed by atoms with Crippen molar-refractivity contribution in [2.45, 2.75) is 52.2 Å². The third kappa shape index (κ3) is 7.71. The topological polar surface area (TPSA) is 93.9 Å². The Morgan fingerprint density at radius 2 is 1.90 bits per heavy atom. The predicted molar refractivity (Wildman–Crippen MR) is 115 cm³/mol. The monoisotopic (exact) mass is 429 g/mol. The van der Waals surface area contributed by atoms with Crippen LogP contribution in [-0.2, 0) is 27.3 Å². The van der Waals surface area contributed by atoms with Crippen LogP contribution in [-0.4, -0.2) is 47.2 Å². The highest BCUT2D eigenvalue weighted by Gasteiger charge is 2.28. The largest absolute Gasteiger partial charge is 0.460 e. The molecule has 2 aromatic rings. The number of rotatable bonds is 7. The summed E-state index contributed by atoms with van der Waals surface area (Å²) in [6.07, 6.45) is 4.84. The summed E-state index contributed by atoms with van der Waals surface area (Å²) in [5.41, 5.74) is 1.43. The second-order valence-electron chi connectivity index (χ2n) is 8.77. The SMILES string of the molecule is CC(C)(C)OC(=O)C1CCN(CCc2ccc(NC(=O)OCc3cnco3)cc2)CC1. The summed E-state index contributed by atoms with van der Waals surface area (Å²) in [5, 5.41) is 2.69. The quantitative estimate of drug-likeness (QED) is 0.664. The van der Waals surface area contributed by atoms with E-state index in [1.54, 1.807) is 0 Å². The van der Waals surface area contributed by atoms with Gasteiger partial charge in [-0.1, -0.05) is 12.1 Å². The Morgan fingerprint density at radius 3 is 2.52 bits per heavy atom. The Kier molecular flexibility index (Phi) is 7.68. The lowest BCUT2D eigenvalue weighted by Crippen LogP contribution is -2.39. The van der Waals surface area contributed by atoms with Gasteiger partial charge in [-0.2, -0.15) is 0 Å². The van der Waals surface area contributed by atoms with Crippen molar-refractivity contribution in [1.82, 2.24) is 9.88 Å². The summed E-state index contributed by atoms with van der Waals surface area (Å²) >= 11 is 0. The number of piperidine rings is 1. The summed E-state index contributed by atoms with van der Waals surface area (Å²) in [7, 11) is 0. The van der Waals surface area contributed by atoms with Gasteiger partial charge in [0.05, 0.1) is 12.1 Å². The molecule has 1 aliphatic rings. The van der Waals surface area contributed by atoms with Crippen LogP contribution in [0.2, 0.25) is 0 Å². The minimum Gasteiger partial charge on any atom is -0.460 e. The highest BCUT2D eigenvalue weighted by atomic mass is 16.6. The molecule has 8 nitrogen and oxygen atoms in total. The Morgan fingerprint density at radius 1 is 1.19 bits per heavy atom. The molecule has 31 heavy (non-hydrogen) atoms. The Balaban J connectivity index is 1.36. The molecule has 1 aliphatic heterocycles. The summed E-state index contributed by atoms with van der Waals surface area (Å²) in [4.78, 5) is 30.2. The smallest absolute Gasteiger partial charge is 0.412 e. The lowest BCUT2D eigenvalue weighted by Gasteiger charge is -2.32. The van der Waals surface area contributed by atoms with Crippen LogP contribution in [0.1, 0.15) is 44.9 Å². The van der Waals surface area contributed by atoms with Crippen LogP contribution in [0, 0.1) is 5.92 Å². The molecule has 1 amide bonds. The van der Waals surface area contributed by atoms with E-state index in [4.69, 9.17) is 13.9 Å². The van der Waals surface area contributed by atoms with Crippen LogP contribution in [0.3, 0.4) is 0 Å². The van der Waals surface area contributed by atoms with Crippen LogP contribution in [0.15, 0.2) is 41.3 Å². The number of nitrogens with one attached hydrogen (secondary N) is 1. The van der Waals surface area contributed by atoms with Crippen LogP contribution in [0.5, 0.6) is 0 Å². The van der Waals surface area contributed by atoms with E-state index >= 15 is 0 Å². The normalized spacial score (nSPS) is 15.5. The lowest BCUT2D eigenvalue weighted by molar-refractivity contribution is -0.161. The second kappa shape index (κ2) is 10.4. The maximum atomic E-state index is 12.2. The first kappa shape index (κ1) is 22.8. The zero-order chi connectivity index (χ0) is 22.3.